The predicted octanol–water partition coefficient (Wildman–Crippen LogP) is 3.23. The molecule has 0 spiro atoms. The van der Waals surface area contributed by atoms with Crippen LogP contribution >= 0.6 is 0 Å². The first kappa shape index (κ1) is 13.6. The lowest BCUT2D eigenvalue weighted by Crippen LogP contribution is -2.37. The van der Waals surface area contributed by atoms with E-state index in [-0.39, 0.29) is 5.69 Å². The van der Waals surface area contributed by atoms with Gasteiger partial charge < -0.3 is 9.64 Å². The molecule has 1 fully saturated rings. The van der Waals surface area contributed by atoms with E-state index in [9.17, 15) is 10.1 Å². The third-order valence-electron chi connectivity index (χ3n) is 3.84. The maximum absolute atomic E-state index is 10.9. The first-order valence-corrected chi connectivity index (χ1v) is 6.50. The molecule has 0 N–H and O–H groups in total. The minimum Gasteiger partial charge on any atom is -0.490 e. The van der Waals surface area contributed by atoms with Crippen molar-refractivity contribution in [2.45, 2.75) is 26.7 Å². The van der Waals surface area contributed by atoms with Crippen LogP contribution in [0.1, 0.15) is 26.7 Å². The first-order valence-electron chi connectivity index (χ1n) is 6.50. The average Bonchev–Trinajstić information content (AvgIpc) is 2.37. The van der Waals surface area contributed by atoms with Gasteiger partial charge in [0.25, 0.3) is 0 Å². The number of piperidine rings is 1. The molecule has 0 aromatic heterocycles. The van der Waals surface area contributed by atoms with Gasteiger partial charge in [-0.2, -0.15) is 0 Å². The van der Waals surface area contributed by atoms with Crippen molar-refractivity contribution in [1.29, 1.82) is 0 Å². The van der Waals surface area contributed by atoms with E-state index in [1.165, 1.54) is 13.2 Å². The molecule has 1 aliphatic heterocycles. The molecule has 1 aromatic carbocycles. The van der Waals surface area contributed by atoms with Gasteiger partial charge in [-0.25, -0.2) is 0 Å². The second-order valence-corrected chi connectivity index (χ2v) is 5.76. The van der Waals surface area contributed by atoms with Gasteiger partial charge in [0.1, 0.15) is 0 Å². The Balaban J connectivity index is 2.20. The number of hydrogen-bond acceptors (Lipinski definition) is 4. The van der Waals surface area contributed by atoms with Crippen LogP contribution < -0.4 is 9.64 Å². The summed E-state index contributed by atoms with van der Waals surface area (Å²) in [5.74, 6) is 0.326. The molecule has 1 aliphatic rings. The van der Waals surface area contributed by atoms with E-state index < -0.39 is 4.92 Å². The fourth-order valence-electron chi connectivity index (χ4n) is 2.38. The summed E-state index contributed by atoms with van der Waals surface area (Å²) in [6, 6.07) is 5.09. The van der Waals surface area contributed by atoms with Crippen molar-refractivity contribution in [2.24, 2.45) is 5.41 Å². The number of hydrogen-bond donors (Lipinski definition) is 0. The fraction of sp³-hybridized carbons (Fsp3) is 0.571. The minimum absolute atomic E-state index is 0.0172. The summed E-state index contributed by atoms with van der Waals surface area (Å²) in [7, 11) is 1.46. The summed E-state index contributed by atoms with van der Waals surface area (Å²) in [4.78, 5) is 12.7. The number of methoxy groups -OCH3 is 1. The molecule has 0 atom stereocenters. The molecule has 19 heavy (non-hydrogen) atoms. The molecule has 0 radical (unpaired) electrons. The molecule has 0 saturated carbocycles. The maximum Gasteiger partial charge on any atom is 0.311 e. The van der Waals surface area contributed by atoms with Crippen LogP contribution in [0.15, 0.2) is 18.2 Å². The van der Waals surface area contributed by atoms with Crippen molar-refractivity contribution in [3.63, 3.8) is 0 Å². The van der Waals surface area contributed by atoms with Crippen molar-refractivity contribution < 1.29 is 9.66 Å². The molecular weight excluding hydrogens is 244 g/mol. The number of nitro groups is 1. The van der Waals surface area contributed by atoms with Crippen molar-refractivity contribution in [1.82, 2.24) is 0 Å². The van der Waals surface area contributed by atoms with Gasteiger partial charge in [-0.3, -0.25) is 10.1 Å². The van der Waals surface area contributed by atoms with E-state index in [1.54, 1.807) is 12.1 Å². The van der Waals surface area contributed by atoms with E-state index >= 15 is 0 Å². The number of nitro benzene ring substituents is 1. The van der Waals surface area contributed by atoms with Crippen LogP contribution in [0.25, 0.3) is 0 Å². The molecule has 5 nitrogen and oxygen atoms in total. The van der Waals surface area contributed by atoms with Crippen molar-refractivity contribution in [3.8, 4) is 5.75 Å². The average molecular weight is 264 g/mol. The highest BCUT2D eigenvalue weighted by Gasteiger charge is 2.26. The third-order valence-corrected chi connectivity index (χ3v) is 3.84. The van der Waals surface area contributed by atoms with E-state index in [0.29, 0.717) is 11.2 Å². The van der Waals surface area contributed by atoms with Gasteiger partial charge in [-0.1, -0.05) is 13.8 Å². The Morgan fingerprint density at radius 3 is 2.47 bits per heavy atom. The molecule has 0 amide bonds. The molecule has 5 heteroatoms. The summed E-state index contributed by atoms with van der Waals surface area (Å²) in [5.41, 5.74) is 1.41. The molecule has 1 aromatic rings. The van der Waals surface area contributed by atoms with Gasteiger partial charge >= 0.3 is 5.69 Å². The Morgan fingerprint density at radius 2 is 1.95 bits per heavy atom. The van der Waals surface area contributed by atoms with Crippen LogP contribution in [0.5, 0.6) is 5.75 Å². The largest absolute Gasteiger partial charge is 0.490 e. The topological polar surface area (TPSA) is 55.6 Å². The quantitative estimate of drug-likeness (QED) is 0.621. The molecule has 0 aliphatic carbocycles. The zero-order valence-corrected chi connectivity index (χ0v) is 11.7. The first-order chi connectivity index (χ1) is 8.93. The van der Waals surface area contributed by atoms with Gasteiger partial charge in [-0.05, 0) is 24.3 Å². The molecule has 0 unspecified atom stereocenters. The lowest BCUT2D eigenvalue weighted by atomic mass is 9.82. The second kappa shape index (κ2) is 5.07. The van der Waals surface area contributed by atoms with Crippen molar-refractivity contribution in [2.75, 3.05) is 25.1 Å². The molecule has 1 saturated heterocycles. The van der Waals surface area contributed by atoms with Crippen LogP contribution in [0.4, 0.5) is 11.4 Å². The van der Waals surface area contributed by atoms with E-state index in [1.807, 2.05) is 0 Å². The van der Waals surface area contributed by atoms with Gasteiger partial charge in [0, 0.05) is 30.9 Å². The van der Waals surface area contributed by atoms with Crippen LogP contribution in [-0.4, -0.2) is 25.1 Å². The highest BCUT2D eigenvalue weighted by molar-refractivity contribution is 5.59. The SMILES string of the molecule is COc1cc(N2CCC(C)(C)CC2)ccc1[N+](=O)[O-]. The van der Waals surface area contributed by atoms with E-state index in [0.717, 1.165) is 31.6 Å². The standard InChI is InChI=1S/C14H20N2O3/c1-14(2)6-8-15(9-7-14)11-4-5-12(16(17)18)13(10-11)19-3/h4-5,10H,6-9H2,1-3H3. The summed E-state index contributed by atoms with van der Waals surface area (Å²) >= 11 is 0. The second-order valence-electron chi connectivity index (χ2n) is 5.76. The summed E-state index contributed by atoms with van der Waals surface area (Å²) in [6.07, 6.45) is 2.26. The normalized spacial score (nSPS) is 18.2. The Hall–Kier alpha value is -1.78. The van der Waals surface area contributed by atoms with E-state index in [2.05, 4.69) is 18.7 Å². The Bertz CT molecular complexity index is 476. The van der Waals surface area contributed by atoms with Gasteiger partial charge in [0.15, 0.2) is 5.75 Å². The Kier molecular flexibility index (Phi) is 3.64. The van der Waals surface area contributed by atoms with Gasteiger partial charge in [0.05, 0.1) is 12.0 Å². The van der Waals surface area contributed by atoms with Gasteiger partial charge in [0.2, 0.25) is 0 Å². The summed E-state index contributed by atoms with van der Waals surface area (Å²) < 4.78 is 5.11. The number of benzene rings is 1. The number of ether oxygens (including phenoxy) is 1. The van der Waals surface area contributed by atoms with Crippen LogP contribution in [-0.2, 0) is 0 Å². The Labute approximate surface area is 113 Å². The lowest BCUT2D eigenvalue weighted by molar-refractivity contribution is -0.385. The smallest absolute Gasteiger partial charge is 0.311 e. The third kappa shape index (κ3) is 2.97. The molecule has 2 rings (SSSR count). The zero-order valence-electron chi connectivity index (χ0n) is 11.7. The molecule has 0 bridgehead atoms. The molecule has 1 heterocycles. The van der Waals surface area contributed by atoms with Crippen LogP contribution in [0.2, 0.25) is 0 Å². The molecular formula is C14H20N2O3. The zero-order chi connectivity index (χ0) is 14.0. The highest BCUT2D eigenvalue weighted by atomic mass is 16.6. The number of rotatable bonds is 3. The van der Waals surface area contributed by atoms with Crippen molar-refractivity contribution >= 4 is 11.4 Å². The lowest BCUT2D eigenvalue weighted by Gasteiger charge is -2.38. The Morgan fingerprint density at radius 1 is 1.32 bits per heavy atom. The van der Waals surface area contributed by atoms with Crippen LogP contribution in [0.3, 0.4) is 0 Å². The number of nitrogens with zero attached hydrogens (tertiary/aromatic N) is 2. The summed E-state index contributed by atoms with van der Waals surface area (Å²) in [6.45, 7) is 6.52. The maximum atomic E-state index is 10.9. The van der Waals surface area contributed by atoms with Crippen LogP contribution in [0, 0.1) is 15.5 Å². The summed E-state index contributed by atoms with van der Waals surface area (Å²) in [5, 5.41) is 10.9. The highest BCUT2D eigenvalue weighted by Crippen LogP contribution is 2.35. The van der Waals surface area contributed by atoms with Gasteiger partial charge in [-0.15, -0.1) is 0 Å². The monoisotopic (exact) mass is 264 g/mol. The fourth-order valence-corrected chi connectivity index (χ4v) is 2.38. The molecule has 104 valence electrons. The minimum atomic E-state index is -0.415. The van der Waals surface area contributed by atoms with Crippen molar-refractivity contribution in [3.05, 3.63) is 28.3 Å². The number of anilines is 1. The predicted molar refractivity (Wildman–Crippen MR) is 74.9 cm³/mol. The van der Waals surface area contributed by atoms with E-state index in [4.69, 9.17) is 4.74 Å².